The van der Waals surface area contributed by atoms with E-state index in [1.54, 1.807) is 0 Å². The van der Waals surface area contributed by atoms with E-state index in [0.717, 1.165) is 30.0 Å². The topological polar surface area (TPSA) is 32.8 Å². The molecule has 4 nitrogen and oxygen atoms in total. The first-order chi connectivity index (χ1) is 15.5. The molecule has 4 rings (SSSR count). The van der Waals surface area contributed by atoms with Gasteiger partial charge in [0.2, 0.25) is 0 Å². The Hall–Kier alpha value is -3.08. The van der Waals surface area contributed by atoms with Gasteiger partial charge in [0, 0.05) is 29.4 Å². The highest BCUT2D eigenvalue weighted by Gasteiger charge is 2.25. The smallest absolute Gasteiger partial charge is 0.258 e. The maximum atomic E-state index is 13.1. The highest BCUT2D eigenvalue weighted by molar-refractivity contribution is 6.30. The van der Waals surface area contributed by atoms with Crippen LogP contribution in [0.4, 0.5) is 5.69 Å². The van der Waals surface area contributed by atoms with Gasteiger partial charge < -0.3 is 14.5 Å². The normalized spacial score (nSPS) is 13.1. The molecule has 1 aliphatic rings. The SMILES string of the molecule is CN(C)C/C=C/c1ccc2c(c1)CCN2C(=O)c1ccc(OCc2ccc(Cl)cc2)cc1. The van der Waals surface area contributed by atoms with Gasteiger partial charge in [-0.15, -0.1) is 0 Å². The minimum atomic E-state index is 0.0175. The van der Waals surface area contributed by atoms with Gasteiger partial charge in [0.05, 0.1) is 0 Å². The number of rotatable bonds is 7. The summed E-state index contributed by atoms with van der Waals surface area (Å²) in [6.45, 7) is 2.06. The van der Waals surface area contributed by atoms with Crippen molar-refractivity contribution in [1.82, 2.24) is 4.90 Å². The number of nitrogens with zero attached hydrogens (tertiary/aromatic N) is 2. The number of likely N-dealkylation sites (N-methyl/N-ethyl adjacent to an activating group) is 1. The van der Waals surface area contributed by atoms with Crippen molar-refractivity contribution in [3.63, 3.8) is 0 Å². The molecule has 0 aliphatic carbocycles. The Kier molecular flexibility index (Phi) is 6.93. The molecule has 0 unspecified atom stereocenters. The molecule has 1 heterocycles. The van der Waals surface area contributed by atoms with Gasteiger partial charge in [-0.25, -0.2) is 0 Å². The standard InChI is InChI=1S/C27H27ClN2O2/c1-29(2)16-3-4-20-7-14-26-23(18-20)15-17-30(26)27(31)22-8-12-25(13-9-22)32-19-21-5-10-24(28)11-6-21/h3-14,18H,15-17,19H2,1-2H3/b4-3+. The van der Waals surface area contributed by atoms with E-state index in [0.29, 0.717) is 23.7 Å². The number of hydrogen-bond acceptors (Lipinski definition) is 3. The molecule has 0 saturated heterocycles. The first-order valence-electron chi connectivity index (χ1n) is 10.7. The van der Waals surface area contributed by atoms with Gasteiger partial charge in [0.15, 0.2) is 0 Å². The summed E-state index contributed by atoms with van der Waals surface area (Å²) in [6.07, 6.45) is 5.16. The minimum absolute atomic E-state index is 0.0175. The van der Waals surface area contributed by atoms with Crippen LogP contribution >= 0.6 is 11.6 Å². The lowest BCUT2D eigenvalue weighted by Crippen LogP contribution is -2.28. The average molecular weight is 447 g/mol. The maximum absolute atomic E-state index is 13.1. The second-order valence-electron chi connectivity index (χ2n) is 8.20. The fourth-order valence-electron chi connectivity index (χ4n) is 3.73. The molecule has 32 heavy (non-hydrogen) atoms. The Morgan fingerprint density at radius 3 is 2.53 bits per heavy atom. The van der Waals surface area contributed by atoms with E-state index >= 15 is 0 Å². The zero-order chi connectivity index (χ0) is 22.5. The summed E-state index contributed by atoms with van der Waals surface area (Å²) in [5.74, 6) is 0.747. The number of ether oxygens (including phenoxy) is 1. The van der Waals surface area contributed by atoms with Gasteiger partial charge in [0.25, 0.3) is 5.91 Å². The summed E-state index contributed by atoms with van der Waals surface area (Å²) < 4.78 is 5.83. The lowest BCUT2D eigenvalue weighted by molar-refractivity contribution is 0.0989. The van der Waals surface area contributed by atoms with Crippen molar-refractivity contribution in [2.24, 2.45) is 0 Å². The average Bonchev–Trinajstić information content (AvgIpc) is 3.22. The zero-order valence-corrected chi connectivity index (χ0v) is 19.2. The number of carbonyl (C=O) groups is 1. The summed E-state index contributed by atoms with van der Waals surface area (Å²) in [5, 5.41) is 0.706. The third-order valence-corrected chi connectivity index (χ3v) is 5.70. The summed E-state index contributed by atoms with van der Waals surface area (Å²) >= 11 is 5.92. The number of hydrogen-bond donors (Lipinski definition) is 0. The lowest BCUT2D eigenvalue weighted by atomic mass is 10.1. The number of amides is 1. The van der Waals surface area contributed by atoms with Gasteiger partial charge in [-0.05, 0) is 85.7 Å². The minimum Gasteiger partial charge on any atom is -0.489 e. The Balaban J connectivity index is 1.39. The van der Waals surface area contributed by atoms with Gasteiger partial charge in [-0.2, -0.15) is 0 Å². The lowest BCUT2D eigenvalue weighted by Gasteiger charge is -2.18. The van der Waals surface area contributed by atoms with Crippen LogP contribution in [0.25, 0.3) is 6.08 Å². The van der Waals surface area contributed by atoms with E-state index in [2.05, 4.69) is 49.3 Å². The molecule has 0 N–H and O–H groups in total. The van der Waals surface area contributed by atoms with Crippen LogP contribution in [0.2, 0.25) is 5.02 Å². The van der Waals surface area contributed by atoms with Crippen LogP contribution in [0.15, 0.2) is 72.8 Å². The fourth-order valence-corrected chi connectivity index (χ4v) is 3.86. The van der Waals surface area contributed by atoms with Crippen LogP contribution in [-0.2, 0) is 13.0 Å². The number of anilines is 1. The first-order valence-corrected chi connectivity index (χ1v) is 11.1. The van der Waals surface area contributed by atoms with Gasteiger partial charge in [0.1, 0.15) is 12.4 Å². The molecule has 0 saturated carbocycles. The van der Waals surface area contributed by atoms with Crippen molar-refractivity contribution in [3.8, 4) is 5.75 Å². The molecule has 0 radical (unpaired) electrons. The number of halogens is 1. The van der Waals surface area contributed by atoms with E-state index in [4.69, 9.17) is 16.3 Å². The molecular weight excluding hydrogens is 420 g/mol. The highest BCUT2D eigenvalue weighted by atomic mass is 35.5. The molecule has 0 aromatic heterocycles. The van der Waals surface area contributed by atoms with Crippen LogP contribution in [0.3, 0.4) is 0 Å². The van der Waals surface area contributed by atoms with Gasteiger partial charge in [-0.3, -0.25) is 4.79 Å². The molecule has 3 aromatic carbocycles. The van der Waals surface area contributed by atoms with Crippen LogP contribution in [0, 0.1) is 0 Å². The van der Waals surface area contributed by atoms with E-state index < -0.39 is 0 Å². The molecule has 164 valence electrons. The third-order valence-electron chi connectivity index (χ3n) is 5.45. The van der Waals surface area contributed by atoms with Crippen molar-refractivity contribution >= 4 is 29.3 Å². The van der Waals surface area contributed by atoms with E-state index in [1.807, 2.05) is 53.4 Å². The van der Waals surface area contributed by atoms with Crippen molar-refractivity contribution in [3.05, 3.63) is 100 Å². The first kappa shape index (κ1) is 22.1. The number of carbonyl (C=O) groups excluding carboxylic acids is 1. The van der Waals surface area contributed by atoms with E-state index in [-0.39, 0.29) is 5.91 Å². The molecule has 1 aliphatic heterocycles. The van der Waals surface area contributed by atoms with Crippen LogP contribution in [0.1, 0.15) is 27.0 Å². The molecule has 0 fully saturated rings. The molecule has 3 aromatic rings. The Morgan fingerprint density at radius 1 is 1.06 bits per heavy atom. The molecule has 0 bridgehead atoms. The molecule has 5 heteroatoms. The Bertz CT molecular complexity index is 1110. The maximum Gasteiger partial charge on any atom is 0.258 e. The quantitative estimate of drug-likeness (QED) is 0.467. The summed E-state index contributed by atoms with van der Waals surface area (Å²) in [5.41, 5.74) is 5.09. The zero-order valence-electron chi connectivity index (χ0n) is 18.4. The molecule has 1 amide bonds. The predicted molar refractivity (Wildman–Crippen MR) is 132 cm³/mol. The number of benzene rings is 3. The van der Waals surface area contributed by atoms with Crippen LogP contribution in [0.5, 0.6) is 5.75 Å². The van der Waals surface area contributed by atoms with Crippen molar-refractivity contribution < 1.29 is 9.53 Å². The van der Waals surface area contributed by atoms with Crippen LogP contribution in [-0.4, -0.2) is 38.0 Å². The van der Waals surface area contributed by atoms with E-state index in [9.17, 15) is 4.79 Å². The van der Waals surface area contributed by atoms with Crippen molar-refractivity contribution in [1.29, 1.82) is 0 Å². The largest absolute Gasteiger partial charge is 0.489 e. The molecular formula is C27H27ClN2O2. The highest BCUT2D eigenvalue weighted by Crippen LogP contribution is 2.31. The fraction of sp³-hybridized carbons (Fsp3) is 0.222. The Morgan fingerprint density at radius 2 is 1.81 bits per heavy atom. The van der Waals surface area contributed by atoms with Gasteiger partial charge >= 0.3 is 0 Å². The summed E-state index contributed by atoms with van der Waals surface area (Å²) in [7, 11) is 4.10. The monoisotopic (exact) mass is 446 g/mol. The summed E-state index contributed by atoms with van der Waals surface area (Å²) in [4.78, 5) is 17.1. The molecule has 0 spiro atoms. The van der Waals surface area contributed by atoms with Crippen LogP contribution < -0.4 is 9.64 Å². The van der Waals surface area contributed by atoms with E-state index in [1.165, 1.54) is 11.1 Å². The predicted octanol–water partition coefficient (Wildman–Crippen LogP) is 5.70. The Labute approximate surface area is 194 Å². The second-order valence-corrected chi connectivity index (χ2v) is 8.64. The van der Waals surface area contributed by atoms with Crippen molar-refractivity contribution in [2.75, 3.05) is 32.1 Å². The summed E-state index contributed by atoms with van der Waals surface area (Å²) in [6, 6.07) is 21.2. The number of fused-ring (bicyclic) bond motifs is 1. The second kappa shape index (κ2) is 10.0. The van der Waals surface area contributed by atoms with Crippen molar-refractivity contribution in [2.45, 2.75) is 13.0 Å². The van der Waals surface area contributed by atoms with Gasteiger partial charge in [-0.1, -0.05) is 42.0 Å². The molecule has 0 atom stereocenters. The third kappa shape index (κ3) is 5.39.